The quantitative estimate of drug-likeness (QED) is 0.879. The molecule has 104 valence electrons. The molecule has 1 aliphatic heterocycles. The molecule has 0 aromatic heterocycles. The van der Waals surface area contributed by atoms with Gasteiger partial charge in [0.2, 0.25) is 5.91 Å². The predicted molar refractivity (Wildman–Crippen MR) is 78.2 cm³/mol. The van der Waals surface area contributed by atoms with Gasteiger partial charge in [0.1, 0.15) is 0 Å². The van der Waals surface area contributed by atoms with Gasteiger partial charge in [-0.3, -0.25) is 9.69 Å². The molecule has 0 saturated carbocycles. The van der Waals surface area contributed by atoms with Crippen LogP contribution < -0.4 is 5.32 Å². The maximum absolute atomic E-state index is 11.8. The minimum atomic E-state index is 0.161. The van der Waals surface area contributed by atoms with Gasteiger partial charge < -0.3 is 5.32 Å². The number of piperidine rings is 1. The average Bonchev–Trinajstić information content (AvgIpc) is 2.42. The van der Waals surface area contributed by atoms with Gasteiger partial charge in [0, 0.05) is 6.54 Å². The van der Waals surface area contributed by atoms with E-state index in [4.69, 9.17) is 0 Å². The molecular formula is C16H24N2O. The highest BCUT2D eigenvalue weighted by atomic mass is 16.2. The van der Waals surface area contributed by atoms with E-state index in [1.165, 1.54) is 30.4 Å². The highest BCUT2D eigenvalue weighted by Crippen LogP contribution is 2.07. The van der Waals surface area contributed by atoms with Crippen LogP contribution >= 0.6 is 0 Å². The fourth-order valence-electron chi connectivity index (χ4n) is 2.48. The summed E-state index contributed by atoms with van der Waals surface area (Å²) < 4.78 is 0. The fourth-order valence-corrected chi connectivity index (χ4v) is 2.48. The van der Waals surface area contributed by atoms with E-state index in [0.29, 0.717) is 6.54 Å². The molecule has 2 rings (SSSR count). The summed E-state index contributed by atoms with van der Waals surface area (Å²) in [5.74, 6) is 0.161. The normalized spacial score (nSPS) is 16.3. The zero-order chi connectivity index (χ0) is 13.5. The minimum absolute atomic E-state index is 0.161. The largest absolute Gasteiger partial charge is 0.355 e. The van der Waals surface area contributed by atoms with E-state index in [1.807, 2.05) is 0 Å². The smallest absolute Gasteiger partial charge is 0.234 e. The van der Waals surface area contributed by atoms with Crippen LogP contribution in [0.5, 0.6) is 0 Å². The zero-order valence-corrected chi connectivity index (χ0v) is 11.8. The fraction of sp³-hybridized carbons (Fsp3) is 0.562. The van der Waals surface area contributed by atoms with Gasteiger partial charge in [-0.1, -0.05) is 36.2 Å². The Morgan fingerprint density at radius 2 is 1.84 bits per heavy atom. The summed E-state index contributed by atoms with van der Waals surface area (Å²) in [6.45, 7) is 5.53. The number of nitrogens with one attached hydrogen (secondary N) is 1. The summed E-state index contributed by atoms with van der Waals surface area (Å²) in [5.41, 5.74) is 2.56. The van der Waals surface area contributed by atoms with E-state index in [0.717, 1.165) is 26.1 Å². The van der Waals surface area contributed by atoms with E-state index in [2.05, 4.69) is 41.4 Å². The van der Waals surface area contributed by atoms with Gasteiger partial charge in [-0.05, 0) is 44.8 Å². The molecule has 19 heavy (non-hydrogen) atoms. The maximum Gasteiger partial charge on any atom is 0.234 e. The molecule has 3 nitrogen and oxygen atoms in total. The van der Waals surface area contributed by atoms with Crippen LogP contribution in [0.4, 0.5) is 0 Å². The summed E-state index contributed by atoms with van der Waals surface area (Å²) >= 11 is 0. The lowest BCUT2D eigenvalue weighted by atomic mass is 10.1. The second-order valence-corrected chi connectivity index (χ2v) is 5.42. The molecule has 1 aromatic rings. The van der Waals surface area contributed by atoms with Crippen molar-refractivity contribution in [3.05, 3.63) is 35.4 Å². The van der Waals surface area contributed by atoms with Gasteiger partial charge in [-0.25, -0.2) is 0 Å². The van der Waals surface area contributed by atoms with Crippen molar-refractivity contribution < 1.29 is 4.79 Å². The van der Waals surface area contributed by atoms with Gasteiger partial charge in [0.15, 0.2) is 0 Å². The second kappa shape index (κ2) is 7.29. The zero-order valence-electron chi connectivity index (χ0n) is 11.8. The van der Waals surface area contributed by atoms with Gasteiger partial charge in [0.05, 0.1) is 6.54 Å². The number of benzene rings is 1. The van der Waals surface area contributed by atoms with Crippen molar-refractivity contribution >= 4 is 5.91 Å². The number of hydrogen-bond donors (Lipinski definition) is 1. The molecule has 1 amide bonds. The van der Waals surface area contributed by atoms with E-state index in [-0.39, 0.29) is 5.91 Å². The first kappa shape index (κ1) is 14.1. The molecule has 1 aromatic carbocycles. The van der Waals surface area contributed by atoms with E-state index < -0.39 is 0 Å². The maximum atomic E-state index is 11.8. The third kappa shape index (κ3) is 5.03. The molecule has 1 aliphatic rings. The van der Waals surface area contributed by atoms with Crippen LogP contribution in [0.2, 0.25) is 0 Å². The number of amides is 1. The topological polar surface area (TPSA) is 32.3 Å². The van der Waals surface area contributed by atoms with Crippen molar-refractivity contribution in [1.82, 2.24) is 10.2 Å². The Hall–Kier alpha value is -1.35. The molecule has 3 heteroatoms. The lowest BCUT2D eigenvalue weighted by Crippen LogP contribution is -2.40. The first-order valence-corrected chi connectivity index (χ1v) is 7.28. The minimum Gasteiger partial charge on any atom is -0.355 e. The number of nitrogens with zero attached hydrogens (tertiary/aromatic N) is 1. The van der Waals surface area contributed by atoms with Crippen LogP contribution in [-0.4, -0.2) is 37.0 Å². The first-order valence-electron chi connectivity index (χ1n) is 7.28. The highest BCUT2D eigenvalue weighted by molar-refractivity contribution is 5.78. The van der Waals surface area contributed by atoms with Crippen molar-refractivity contribution in [2.45, 2.75) is 32.6 Å². The number of aryl methyl sites for hydroxylation is 1. The van der Waals surface area contributed by atoms with Crippen molar-refractivity contribution in [3.63, 3.8) is 0 Å². The van der Waals surface area contributed by atoms with Crippen LogP contribution in [0, 0.1) is 6.92 Å². The molecule has 0 aliphatic carbocycles. The molecular weight excluding hydrogens is 236 g/mol. The Labute approximate surface area is 116 Å². The van der Waals surface area contributed by atoms with Gasteiger partial charge >= 0.3 is 0 Å². The third-order valence-corrected chi connectivity index (χ3v) is 3.67. The van der Waals surface area contributed by atoms with Crippen LogP contribution in [0.15, 0.2) is 24.3 Å². The molecule has 0 atom stereocenters. The molecule has 0 unspecified atom stereocenters. The van der Waals surface area contributed by atoms with Gasteiger partial charge in [-0.2, -0.15) is 0 Å². The number of hydrogen-bond acceptors (Lipinski definition) is 2. The third-order valence-electron chi connectivity index (χ3n) is 3.67. The number of carbonyl (C=O) groups excluding carboxylic acids is 1. The molecule has 0 spiro atoms. The highest BCUT2D eigenvalue weighted by Gasteiger charge is 2.13. The van der Waals surface area contributed by atoms with Crippen LogP contribution in [-0.2, 0) is 11.2 Å². The Kier molecular flexibility index (Phi) is 5.40. The van der Waals surface area contributed by atoms with E-state index in [1.54, 1.807) is 0 Å². The average molecular weight is 260 g/mol. The predicted octanol–water partition coefficient (Wildman–Crippen LogP) is 2.14. The Bertz CT molecular complexity index is 394. The monoisotopic (exact) mass is 260 g/mol. The van der Waals surface area contributed by atoms with Crippen molar-refractivity contribution in [2.75, 3.05) is 26.2 Å². The number of likely N-dealkylation sites (tertiary alicyclic amines) is 1. The van der Waals surface area contributed by atoms with Crippen molar-refractivity contribution in [1.29, 1.82) is 0 Å². The van der Waals surface area contributed by atoms with Crippen molar-refractivity contribution in [2.24, 2.45) is 0 Å². The van der Waals surface area contributed by atoms with E-state index >= 15 is 0 Å². The second-order valence-electron chi connectivity index (χ2n) is 5.42. The summed E-state index contributed by atoms with van der Waals surface area (Å²) in [6, 6.07) is 8.49. The first-order chi connectivity index (χ1) is 9.24. The SMILES string of the molecule is Cc1ccc(CCNC(=O)CN2CCCCC2)cc1. The van der Waals surface area contributed by atoms with Crippen molar-refractivity contribution in [3.8, 4) is 0 Å². The molecule has 1 N–H and O–H groups in total. The molecule has 1 fully saturated rings. The molecule has 0 radical (unpaired) electrons. The Morgan fingerprint density at radius 1 is 1.16 bits per heavy atom. The van der Waals surface area contributed by atoms with Crippen LogP contribution in [0.25, 0.3) is 0 Å². The lowest BCUT2D eigenvalue weighted by Gasteiger charge is -2.25. The lowest BCUT2D eigenvalue weighted by molar-refractivity contribution is -0.122. The molecule has 0 bridgehead atoms. The summed E-state index contributed by atoms with van der Waals surface area (Å²) in [5, 5.41) is 3.01. The molecule has 1 heterocycles. The number of carbonyl (C=O) groups is 1. The standard InChI is InChI=1S/C16H24N2O/c1-14-5-7-15(8-6-14)9-10-17-16(19)13-18-11-3-2-4-12-18/h5-8H,2-4,9-13H2,1H3,(H,17,19). The summed E-state index contributed by atoms with van der Waals surface area (Å²) in [6.07, 6.45) is 4.69. The molecule has 1 saturated heterocycles. The Morgan fingerprint density at radius 3 is 2.53 bits per heavy atom. The summed E-state index contributed by atoms with van der Waals surface area (Å²) in [7, 11) is 0. The van der Waals surface area contributed by atoms with Crippen LogP contribution in [0.1, 0.15) is 30.4 Å². The van der Waals surface area contributed by atoms with E-state index in [9.17, 15) is 4.79 Å². The van der Waals surface area contributed by atoms with Gasteiger partial charge in [0.25, 0.3) is 0 Å². The number of rotatable bonds is 5. The van der Waals surface area contributed by atoms with Gasteiger partial charge in [-0.15, -0.1) is 0 Å². The van der Waals surface area contributed by atoms with Crippen LogP contribution in [0.3, 0.4) is 0 Å². The Balaban J connectivity index is 1.64. The summed E-state index contributed by atoms with van der Waals surface area (Å²) in [4.78, 5) is 14.1.